The summed E-state index contributed by atoms with van der Waals surface area (Å²) < 4.78 is 5.78. The standard InChI is InChI=1S/C38H44S2/c1-6-25(4)10-12-27-14-18-31-29(22-27)16-20-33-35(31)37-38(39-33)36-32-19-15-28(23-30(32)17-21-34(36)40-37)13-11-26(5)9-7-8-24(2)3/h14-26H,6-13H2,1-5H3. The third-order valence-electron chi connectivity index (χ3n) is 9.20. The second kappa shape index (κ2) is 11.8. The first-order valence-corrected chi connectivity index (χ1v) is 17.3. The molecule has 40 heavy (non-hydrogen) atoms. The average Bonchev–Trinajstić information content (AvgIpc) is 3.50. The van der Waals surface area contributed by atoms with Crippen LogP contribution in [0.4, 0.5) is 0 Å². The Kier molecular flexibility index (Phi) is 8.20. The first-order chi connectivity index (χ1) is 19.4. The highest BCUT2D eigenvalue weighted by Crippen LogP contribution is 2.48. The summed E-state index contributed by atoms with van der Waals surface area (Å²) in [6, 6.07) is 23.9. The summed E-state index contributed by atoms with van der Waals surface area (Å²) in [5.74, 6) is 2.42. The van der Waals surface area contributed by atoms with Crippen molar-refractivity contribution in [1.82, 2.24) is 0 Å². The van der Waals surface area contributed by atoms with Crippen LogP contribution in [0.25, 0.3) is 51.1 Å². The van der Waals surface area contributed by atoms with Gasteiger partial charge in [0.25, 0.3) is 0 Å². The van der Waals surface area contributed by atoms with Gasteiger partial charge in [-0.2, -0.15) is 0 Å². The van der Waals surface area contributed by atoms with E-state index in [2.05, 4.69) is 95.3 Å². The molecule has 0 amide bonds. The Morgan fingerprint density at radius 1 is 0.575 bits per heavy atom. The molecule has 0 spiro atoms. The number of hydrogen-bond acceptors (Lipinski definition) is 2. The Labute approximate surface area is 248 Å². The predicted molar refractivity (Wildman–Crippen MR) is 184 cm³/mol. The summed E-state index contributed by atoms with van der Waals surface area (Å²) in [6.07, 6.45) is 10.3. The van der Waals surface area contributed by atoms with Crippen LogP contribution in [0.3, 0.4) is 0 Å². The molecule has 2 heterocycles. The molecular formula is C38H44S2. The maximum absolute atomic E-state index is 2.46. The highest BCUT2D eigenvalue weighted by atomic mass is 32.1. The van der Waals surface area contributed by atoms with Crippen molar-refractivity contribution in [3.05, 3.63) is 71.8 Å². The van der Waals surface area contributed by atoms with Gasteiger partial charge in [-0.15, -0.1) is 22.7 Å². The second-order valence-corrected chi connectivity index (χ2v) is 15.0. The lowest BCUT2D eigenvalue weighted by Crippen LogP contribution is -1.99. The van der Waals surface area contributed by atoms with Gasteiger partial charge in [-0.3, -0.25) is 0 Å². The Morgan fingerprint density at radius 2 is 1.10 bits per heavy atom. The monoisotopic (exact) mass is 564 g/mol. The maximum Gasteiger partial charge on any atom is 0.0548 e. The molecular weight excluding hydrogens is 521 g/mol. The van der Waals surface area contributed by atoms with Gasteiger partial charge in [0.15, 0.2) is 0 Å². The molecule has 0 bridgehead atoms. The van der Waals surface area contributed by atoms with Crippen LogP contribution in [0.1, 0.15) is 84.3 Å². The summed E-state index contributed by atoms with van der Waals surface area (Å²) in [7, 11) is 0. The van der Waals surface area contributed by atoms with Crippen molar-refractivity contribution in [3.8, 4) is 0 Å². The average molecular weight is 565 g/mol. The number of rotatable bonds is 11. The minimum atomic E-state index is 0.794. The quantitative estimate of drug-likeness (QED) is 0.147. The van der Waals surface area contributed by atoms with Crippen LogP contribution in [0.15, 0.2) is 60.7 Å². The zero-order valence-electron chi connectivity index (χ0n) is 25.0. The van der Waals surface area contributed by atoms with Gasteiger partial charge in [0.1, 0.15) is 0 Å². The van der Waals surface area contributed by atoms with E-state index in [9.17, 15) is 0 Å². The highest BCUT2D eigenvalue weighted by Gasteiger charge is 2.17. The number of thiophene rings is 2. The minimum absolute atomic E-state index is 0.794. The lowest BCUT2D eigenvalue weighted by molar-refractivity contribution is 0.437. The molecule has 0 aliphatic rings. The fraction of sp³-hybridized carbons (Fsp3) is 0.421. The molecule has 208 valence electrons. The lowest BCUT2D eigenvalue weighted by Gasteiger charge is -2.12. The second-order valence-electron chi connectivity index (χ2n) is 12.9. The van der Waals surface area contributed by atoms with Crippen molar-refractivity contribution in [2.24, 2.45) is 17.8 Å². The molecule has 0 nitrogen and oxygen atoms in total. The number of fused-ring (bicyclic) bond motifs is 9. The number of benzene rings is 4. The Hall–Kier alpha value is -2.42. The third-order valence-corrected chi connectivity index (χ3v) is 11.7. The first kappa shape index (κ1) is 27.7. The molecule has 6 aromatic rings. The molecule has 0 saturated heterocycles. The van der Waals surface area contributed by atoms with Gasteiger partial charge in [-0.05, 0) is 88.2 Å². The molecule has 2 heteroatoms. The van der Waals surface area contributed by atoms with E-state index in [0.717, 1.165) is 17.8 Å². The molecule has 0 fully saturated rings. The molecule has 4 aromatic carbocycles. The van der Waals surface area contributed by atoms with Gasteiger partial charge in [0.05, 0.1) is 9.40 Å². The van der Waals surface area contributed by atoms with E-state index in [0.29, 0.717) is 0 Å². The van der Waals surface area contributed by atoms with Crippen LogP contribution >= 0.6 is 22.7 Å². The summed E-state index contributed by atoms with van der Waals surface area (Å²) in [4.78, 5) is 0. The molecule has 0 aliphatic carbocycles. The van der Waals surface area contributed by atoms with Gasteiger partial charge in [0, 0.05) is 20.2 Å². The predicted octanol–water partition coefficient (Wildman–Crippen LogP) is 12.9. The van der Waals surface area contributed by atoms with Crippen molar-refractivity contribution in [1.29, 1.82) is 0 Å². The van der Waals surface area contributed by atoms with E-state index in [1.165, 1.54) is 114 Å². The third kappa shape index (κ3) is 5.55. The summed E-state index contributed by atoms with van der Waals surface area (Å²) in [5.41, 5.74) is 2.96. The van der Waals surface area contributed by atoms with Crippen LogP contribution in [0.2, 0.25) is 0 Å². The van der Waals surface area contributed by atoms with E-state index < -0.39 is 0 Å². The largest absolute Gasteiger partial charge is 0.134 e. The fourth-order valence-electron chi connectivity index (χ4n) is 6.36. The van der Waals surface area contributed by atoms with Gasteiger partial charge in [-0.1, -0.05) is 109 Å². The first-order valence-electron chi connectivity index (χ1n) is 15.6. The van der Waals surface area contributed by atoms with Crippen molar-refractivity contribution in [2.45, 2.75) is 86.0 Å². The van der Waals surface area contributed by atoms with Gasteiger partial charge < -0.3 is 0 Å². The molecule has 6 rings (SSSR count). The van der Waals surface area contributed by atoms with Crippen molar-refractivity contribution in [3.63, 3.8) is 0 Å². The van der Waals surface area contributed by atoms with Crippen LogP contribution < -0.4 is 0 Å². The summed E-state index contributed by atoms with van der Waals surface area (Å²) >= 11 is 3.97. The summed E-state index contributed by atoms with van der Waals surface area (Å²) in [5, 5.41) is 8.54. The van der Waals surface area contributed by atoms with Gasteiger partial charge >= 0.3 is 0 Å². The topological polar surface area (TPSA) is 0 Å². The van der Waals surface area contributed by atoms with E-state index >= 15 is 0 Å². The van der Waals surface area contributed by atoms with Crippen molar-refractivity contribution >= 4 is 73.8 Å². The van der Waals surface area contributed by atoms with Crippen LogP contribution in [-0.2, 0) is 12.8 Å². The number of aryl methyl sites for hydroxylation is 2. The molecule has 2 aromatic heterocycles. The fourth-order valence-corrected chi connectivity index (χ4v) is 9.11. The summed E-state index contributed by atoms with van der Waals surface area (Å²) in [6.45, 7) is 11.8. The maximum atomic E-state index is 2.46. The highest BCUT2D eigenvalue weighted by molar-refractivity contribution is 7.37. The minimum Gasteiger partial charge on any atom is -0.134 e. The van der Waals surface area contributed by atoms with E-state index in [1.54, 1.807) is 0 Å². The molecule has 0 saturated carbocycles. The Morgan fingerprint density at radius 3 is 1.60 bits per heavy atom. The van der Waals surface area contributed by atoms with E-state index in [-0.39, 0.29) is 0 Å². The molecule has 0 radical (unpaired) electrons. The van der Waals surface area contributed by atoms with Crippen LogP contribution in [0, 0.1) is 17.8 Å². The zero-order chi connectivity index (χ0) is 27.8. The zero-order valence-corrected chi connectivity index (χ0v) is 26.6. The lowest BCUT2D eigenvalue weighted by atomic mass is 9.93. The van der Waals surface area contributed by atoms with Gasteiger partial charge in [-0.25, -0.2) is 0 Å². The SMILES string of the molecule is CCC(C)CCc1ccc2c(ccc3sc4c(sc5ccc6cc(CCC(C)CCCC(C)C)ccc6c54)c32)c1. The van der Waals surface area contributed by atoms with Crippen molar-refractivity contribution in [2.75, 3.05) is 0 Å². The van der Waals surface area contributed by atoms with E-state index in [1.807, 2.05) is 22.7 Å². The number of hydrogen-bond donors (Lipinski definition) is 0. The molecule has 2 unspecified atom stereocenters. The van der Waals surface area contributed by atoms with Crippen LogP contribution in [-0.4, -0.2) is 0 Å². The van der Waals surface area contributed by atoms with Gasteiger partial charge in [0.2, 0.25) is 0 Å². The normalized spacial score (nSPS) is 13.9. The smallest absolute Gasteiger partial charge is 0.0548 e. The van der Waals surface area contributed by atoms with Crippen molar-refractivity contribution < 1.29 is 0 Å². The Balaban J connectivity index is 1.32. The Bertz CT molecular complexity index is 1780. The molecule has 0 N–H and O–H groups in total. The van der Waals surface area contributed by atoms with Crippen LogP contribution in [0.5, 0.6) is 0 Å². The van der Waals surface area contributed by atoms with E-state index in [4.69, 9.17) is 0 Å². The molecule has 2 atom stereocenters. The molecule has 0 aliphatic heterocycles.